The lowest BCUT2D eigenvalue weighted by atomic mass is 9.87. The van der Waals surface area contributed by atoms with Gasteiger partial charge in [-0.25, -0.2) is 21.2 Å². The lowest BCUT2D eigenvalue weighted by molar-refractivity contribution is -0.376. The van der Waals surface area contributed by atoms with E-state index in [2.05, 4.69) is 10.5 Å². The van der Waals surface area contributed by atoms with Crippen molar-refractivity contribution >= 4 is 41.7 Å². The number of sulfonamides is 1. The summed E-state index contributed by atoms with van der Waals surface area (Å²) in [6, 6.07) is 4.22. The molecule has 2 atom stereocenters. The highest BCUT2D eigenvalue weighted by molar-refractivity contribution is 8.35. The molecule has 0 fully saturated rings. The molecule has 2 N–H and O–H groups in total. The fourth-order valence-electron chi connectivity index (χ4n) is 4.43. The van der Waals surface area contributed by atoms with Crippen LogP contribution < -0.4 is 9.73 Å². The zero-order chi connectivity index (χ0) is 29.9. The first-order valence-corrected chi connectivity index (χ1v) is 15.5. The number of sulfone groups is 1. The van der Waals surface area contributed by atoms with Crippen molar-refractivity contribution in [1.82, 2.24) is 5.43 Å². The van der Waals surface area contributed by atoms with Gasteiger partial charge in [-0.3, -0.25) is 9.73 Å². The number of aliphatic hydroxyl groups is 1. The van der Waals surface area contributed by atoms with Crippen molar-refractivity contribution in [2.24, 2.45) is 5.10 Å². The monoisotopic (exact) mass is 635 g/mol. The van der Waals surface area contributed by atoms with Crippen LogP contribution in [0.4, 0.5) is 36.4 Å². The number of rotatable bonds is 5. The lowest BCUT2D eigenvalue weighted by Gasteiger charge is -2.40. The largest absolute Gasteiger partial charge is 0.430 e. The van der Waals surface area contributed by atoms with E-state index in [1.165, 1.54) is 0 Å². The van der Waals surface area contributed by atoms with Gasteiger partial charge in [0.1, 0.15) is 5.82 Å². The minimum atomic E-state index is -6.14. The minimum Gasteiger partial charge on any atom is -0.369 e. The predicted octanol–water partition coefficient (Wildman–Crippen LogP) is 4.02. The number of alkyl halides is 6. The van der Waals surface area contributed by atoms with E-state index < -0.39 is 65.5 Å². The van der Waals surface area contributed by atoms with Crippen LogP contribution in [-0.4, -0.2) is 56.3 Å². The van der Waals surface area contributed by atoms with Crippen molar-refractivity contribution in [1.29, 1.82) is 0 Å². The van der Waals surface area contributed by atoms with Crippen molar-refractivity contribution in [2.45, 2.75) is 53.5 Å². The fraction of sp³-hybridized carbons (Fsp3) is 0.409. The molecule has 2 heterocycles. The van der Waals surface area contributed by atoms with E-state index >= 15 is 0 Å². The molecule has 40 heavy (non-hydrogen) atoms. The summed E-state index contributed by atoms with van der Waals surface area (Å²) in [7, 11) is -8.24. The number of thioether (sulfide) groups is 1. The molecule has 0 aromatic heterocycles. The maximum Gasteiger partial charge on any atom is 0.430 e. The van der Waals surface area contributed by atoms with Gasteiger partial charge in [-0.1, -0.05) is 23.9 Å². The molecule has 0 radical (unpaired) electrons. The minimum absolute atomic E-state index is 0.0656. The summed E-state index contributed by atoms with van der Waals surface area (Å²) in [5.74, 6) is -0.755. The van der Waals surface area contributed by atoms with Gasteiger partial charge in [-0.2, -0.15) is 31.4 Å². The summed E-state index contributed by atoms with van der Waals surface area (Å²) in [5.41, 5.74) is -4.63. The molecule has 4 rings (SSSR count). The van der Waals surface area contributed by atoms with Crippen molar-refractivity contribution in [3.8, 4) is 0 Å². The third kappa shape index (κ3) is 5.37. The molecule has 8 nitrogen and oxygen atoms in total. The average molecular weight is 636 g/mol. The van der Waals surface area contributed by atoms with Crippen LogP contribution >= 0.6 is 11.8 Å². The number of hydrazone groups is 1. The summed E-state index contributed by atoms with van der Waals surface area (Å²) in [6.45, 7) is 0. The zero-order valence-corrected chi connectivity index (χ0v) is 22.6. The van der Waals surface area contributed by atoms with Crippen LogP contribution in [0.25, 0.3) is 0 Å². The van der Waals surface area contributed by atoms with Gasteiger partial charge in [0.2, 0.25) is 14.2 Å². The van der Waals surface area contributed by atoms with Crippen LogP contribution in [0, 0.1) is 5.82 Å². The number of nitrogens with one attached hydrogen (secondary N) is 1. The molecule has 2 aliphatic heterocycles. The van der Waals surface area contributed by atoms with Crippen LogP contribution in [0.2, 0.25) is 0 Å². The van der Waals surface area contributed by atoms with Crippen LogP contribution in [0.3, 0.4) is 0 Å². The van der Waals surface area contributed by atoms with E-state index in [0.29, 0.717) is 12.1 Å². The Bertz CT molecular complexity index is 1530. The maximum absolute atomic E-state index is 13.7. The van der Waals surface area contributed by atoms with Gasteiger partial charge in [0, 0.05) is 24.3 Å². The quantitative estimate of drug-likeness (QED) is 0.477. The van der Waals surface area contributed by atoms with Gasteiger partial charge in [0.15, 0.2) is 0 Å². The zero-order valence-electron chi connectivity index (χ0n) is 20.2. The van der Waals surface area contributed by atoms with Crippen molar-refractivity contribution < 1.29 is 52.7 Å². The van der Waals surface area contributed by atoms with E-state index in [-0.39, 0.29) is 34.9 Å². The van der Waals surface area contributed by atoms with Crippen LogP contribution in [-0.2, 0) is 31.9 Å². The normalized spacial score (nSPS) is 20.6. The number of halogens is 7. The summed E-state index contributed by atoms with van der Waals surface area (Å²) in [4.78, 5) is -0.405. The van der Waals surface area contributed by atoms with E-state index in [1.807, 2.05) is 0 Å². The van der Waals surface area contributed by atoms with Crippen molar-refractivity contribution in [3.63, 3.8) is 0 Å². The maximum atomic E-state index is 13.7. The number of benzene rings is 2. The highest BCUT2D eigenvalue weighted by Crippen LogP contribution is 2.51. The molecule has 0 saturated carbocycles. The van der Waals surface area contributed by atoms with E-state index in [9.17, 15) is 52.7 Å². The third-order valence-corrected chi connectivity index (χ3v) is 11.0. The Hall–Kier alpha value is -2.57. The predicted molar refractivity (Wildman–Crippen MR) is 132 cm³/mol. The molecule has 2 aromatic rings. The number of hydrogen-bond acceptors (Lipinski definition) is 8. The summed E-state index contributed by atoms with van der Waals surface area (Å²) in [5, 5.41) is 12.8. The topological polar surface area (TPSA) is 116 Å². The number of nitrogens with zero attached hydrogens (tertiary/aromatic N) is 2. The highest BCUT2D eigenvalue weighted by Gasteiger charge is 2.71. The second-order valence-electron chi connectivity index (χ2n) is 9.12. The number of fused-ring (bicyclic) bond motifs is 1. The third-order valence-electron chi connectivity index (χ3n) is 6.35. The Balaban J connectivity index is 1.79. The molecular weight excluding hydrogens is 615 g/mol. The standard InChI is InChI=1S/C22H20F7N3O5S3/c1-39(34,35)19-31-30-18(38-19)11-15-6-2-12-10-13(20(33,21(24,25)26)22(27,28)29)3-9-17(12)32(15)40(36,37)16-7-4-14(23)5-8-16/h3-5,7-10,15,18,30,33H,2,6,11H2,1H3/t15-,18?/m0/s1. The molecule has 2 aromatic carbocycles. The molecule has 0 aliphatic carbocycles. The van der Waals surface area contributed by atoms with Gasteiger partial charge >= 0.3 is 12.4 Å². The smallest absolute Gasteiger partial charge is 0.369 e. The number of hydrogen-bond donors (Lipinski definition) is 2. The summed E-state index contributed by atoms with van der Waals surface area (Å²) < 4.78 is 146. The first-order valence-electron chi connectivity index (χ1n) is 11.3. The van der Waals surface area contributed by atoms with Gasteiger partial charge in [0.25, 0.3) is 15.6 Å². The Morgan fingerprint density at radius 3 is 2.15 bits per heavy atom. The Labute approximate surface area is 228 Å². The second-order valence-corrected chi connectivity index (χ2v) is 14.3. The second kappa shape index (κ2) is 10.1. The molecule has 0 amide bonds. The van der Waals surface area contributed by atoms with Crippen LogP contribution in [0.15, 0.2) is 52.5 Å². The van der Waals surface area contributed by atoms with E-state index in [4.69, 9.17) is 0 Å². The summed E-state index contributed by atoms with van der Waals surface area (Å²) >= 11 is 0.811. The average Bonchev–Trinajstić information content (AvgIpc) is 3.31. The first-order chi connectivity index (χ1) is 18.3. The Morgan fingerprint density at radius 1 is 1.02 bits per heavy atom. The van der Waals surface area contributed by atoms with E-state index in [0.717, 1.165) is 52.7 Å². The molecular formula is C22H20F7N3O5S3. The van der Waals surface area contributed by atoms with E-state index in [1.54, 1.807) is 0 Å². The van der Waals surface area contributed by atoms with Gasteiger partial charge < -0.3 is 5.11 Å². The van der Waals surface area contributed by atoms with Crippen molar-refractivity contribution in [3.05, 3.63) is 59.4 Å². The Kier molecular flexibility index (Phi) is 7.64. The highest BCUT2D eigenvalue weighted by atomic mass is 32.3. The molecule has 0 spiro atoms. The number of aryl methyl sites for hydroxylation is 1. The van der Waals surface area contributed by atoms with Gasteiger partial charge in [0.05, 0.1) is 16.0 Å². The Morgan fingerprint density at radius 2 is 1.62 bits per heavy atom. The SMILES string of the molecule is CS(=O)(=O)C1=NNC(C[C@@H]2CCc3cc(C(O)(C(F)(F)F)C(F)(F)F)ccc3N2S(=O)(=O)c2ccc(F)cc2)S1. The molecule has 220 valence electrons. The molecule has 0 saturated heterocycles. The fourth-order valence-corrected chi connectivity index (χ4v) is 8.19. The van der Waals surface area contributed by atoms with Gasteiger partial charge in [-0.15, -0.1) is 0 Å². The summed E-state index contributed by atoms with van der Waals surface area (Å²) in [6.07, 6.45) is -11.7. The molecule has 0 bridgehead atoms. The lowest BCUT2D eigenvalue weighted by Crippen LogP contribution is -2.54. The molecule has 18 heteroatoms. The van der Waals surface area contributed by atoms with Crippen molar-refractivity contribution in [2.75, 3.05) is 10.6 Å². The first kappa shape index (κ1) is 30.4. The van der Waals surface area contributed by atoms with Crippen LogP contribution in [0.5, 0.6) is 0 Å². The van der Waals surface area contributed by atoms with Crippen LogP contribution in [0.1, 0.15) is 24.0 Å². The van der Waals surface area contributed by atoms with Gasteiger partial charge in [-0.05, 0) is 48.7 Å². The molecule has 2 aliphatic rings. The number of anilines is 1. The molecule has 1 unspecified atom stereocenters.